The standard InChI is InChI=1S/C21H52O5Si4/c1-21(2,3)23-22-19-17-15-13-11-10-12-14-16-18-20-30(24-27(4)5,25-28(6)7)26-29(8)9/h27-29H,10-20H2,1-9H3. The van der Waals surface area contributed by atoms with E-state index in [1.54, 1.807) is 0 Å². The summed E-state index contributed by atoms with van der Waals surface area (Å²) in [6, 6.07) is 1.02. The zero-order valence-electron chi connectivity index (χ0n) is 21.6. The zero-order chi connectivity index (χ0) is 23.0. The molecule has 0 bridgehead atoms. The van der Waals surface area contributed by atoms with E-state index in [0.29, 0.717) is 6.61 Å². The average molecular weight is 497 g/mol. The van der Waals surface area contributed by atoms with Gasteiger partial charge in [0.25, 0.3) is 0 Å². The van der Waals surface area contributed by atoms with E-state index >= 15 is 0 Å². The molecule has 0 atom stereocenters. The molecule has 0 aliphatic carbocycles. The fourth-order valence-corrected chi connectivity index (χ4v) is 16.2. The van der Waals surface area contributed by atoms with Crippen LogP contribution in [0.15, 0.2) is 0 Å². The molecule has 0 saturated heterocycles. The van der Waals surface area contributed by atoms with Gasteiger partial charge in [-0.1, -0.05) is 44.9 Å². The van der Waals surface area contributed by atoms with Gasteiger partial charge in [-0.05, 0) is 72.9 Å². The number of unbranched alkanes of at least 4 members (excludes halogenated alkanes) is 8. The Morgan fingerprint density at radius 3 is 1.30 bits per heavy atom. The summed E-state index contributed by atoms with van der Waals surface area (Å²) in [5.74, 6) is 0. The summed E-state index contributed by atoms with van der Waals surface area (Å²) in [6.45, 7) is 20.1. The zero-order valence-corrected chi connectivity index (χ0v) is 26.0. The second kappa shape index (κ2) is 17.2. The normalized spacial score (nSPS) is 13.2. The molecule has 0 amide bonds. The summed E-state index contributed by atoms with van der Waals surface area (Å²) in [5.41, 5.74) is -0.212. The lowest BCUT2D eigenvalue weighted by molar-refractivity contribution is -0.348. The molecular formula is C21H52O5Si4. The highest BCUT2D eigenvalue weighted by atomic mass is 28.5. The maximum atomic E-state index is 6.46. The van der Waals surface area contributed by atoms with Crippen LogP contribution in [0.25, 0.3) is 0 Å². The van der Waals surface area contributed by atoms with Gasteiger partial charge in [-0.15, -0.1) is 0 Å². The van der Waals surface area contributed by atoms with Gasteiger partial charge in [0.15, 0.2) is 27.1 Å². The van der Waals surface area contributed by atoms with E-state index in [4.69, 9.17) is 22.1 Å². The van der Waals surface area contributed by atoms with Gasteiger partial charge in [0.05, 0.1) is 12.2 Å². The first-order valence-electron chi connectivity index (χ1n) is 12.3. The van der Waals surface area contributed by atoms with Gasteiger partial charge in [-0.2, -0.15) is 0 Å². The van der Waals surface area contributed by atoms with Crippen LogP contribution in [-0.4, -0.2) is 48.1 Å². The highest BCUT2D eigenvalue weighted by Gasteiger charge is 2.42. The fraction of sp³-hybridized carbons (Fsp3) is 1.00. The van der Waals surface area contributed by atoms with Crippen LogP contribution < -0.4 is 0 Å². The van der Waals surface area contributed by atoms with Gasteiger partial charge < -0.3 is 12.3 Å². The van der Waals surface area contributed by atoms with E-state index in [0.717, 1.165) is 12.5 Å². The predicted molar refractivity (Wildman–Crippen MR) is 139 cm³/mol. The van der Waals surface area contributed by atoms with E-state index in [1.807, 2.05) is 20.8 Å². The summed E-state index contributed by atoms with van der Waals surface area (Å²) in [5, 5.41) is 0. The topological polar surface area (TPSA) is 46.2 Å². The molecule has 0 aliphatic rings. The molecule has 30 heavy (non-hydrogen) atoms. The minimum atomic E-state index is -2.43. The number of rotatable bonds is 19. The maximum absolute atomic E-state index is 6.46. The van der Waals surface area contributed by atoms with Crippen LogP contribution >= 0.6 is 0 Å². The molecule has 0 spiro atoms. The van der Waals surface area contributed by atoms with Crippen LogP contribution in [0.4, 0.5) is 0 Å². The smallest absolute Gasteiger partial charge is 0.420 e. The molecule has 0 unspecified atom stereocenters. The molecular weight excluding hydrogens is 445 g/mol. The highest BCUT2D eigenvalue weighted by Crippen LogP contribution is 2.23. The van der Waals surface area contributed by atoms with Crippen LogP contribution in [-0.2, 0) is 22.1 Å². The first-order chi connectivity index (χ1) is 14.0. The molecule has 0 rings (SSSR count). The predicted octanol–water partition coefficient (Wildman–Crippen LogP) is 6.18. The number of hydrogen-bond acceptors (Lipinski definition) is 5. The van der Waals surface area contributed by atoms with Gasteiger partial charge in [0, 0.05) is 6.04 Å². The highest BCUT2D eigenvalue weighted by molar-refractivity contribution is 6.79. The third-order valence-electron chi connectivity index (χ3n) is 4.27. The largest absolute Gasteiger partial charge is 0.468 e. The molecule has 9 heteroatoms. The van der Waals surface area contributed by atoms with Crippen molar-refractivity contribution in [2.24, 2.45) is 0 Å². The van der Waals surface area contributed by atoms with E-state index in [1.165, 1.54) is 51.4 Å². The monoisotopic (exact) mass is 496 g/mol. The summed E-state index contributed by atoms with van der Waals surface area (Å²) in [4.78, 5) is 10.5. The molecule has 0 radical (unpaired) electrons. The molecule has 0 aromatic heterocycles. The van der Waals surface area contributed by atoms with Crippen LogP contribution in [0.3, 0.4) is 0 Å². The van der Waals surface area contributed by atoms with Crippen molar-refractivity contribution in [2.45, 2.75) is 129 Å². The molecule has 0 fully saturated rings. The average Bonchev–Trinajstić information content (AvgIpc) is 2.56. The van der Waals surface area contributed by atoms with Crippen molar-refractivity contribution in [2.75, 3.05) is 6.61 Å². The van der Waals surface area contributed by atoms with E-state index in [2.05, 4.69) is 39.3 Å². The van der Waals surface area contributed by atoms with Gasteiger partial charge in [0.2, 0.25) is 0 Å². The summed E-state index contributed by atoms with van der Waals surface area (Å²) in [6.07, 6.45) is 11.4. The Morgan fingerprint density at radius 1 is 0.567 bits per heavy atom. The van der Waals surface area contributed by atoms with Gasteiger partial charge in [-0.25, -0.2) is 9.78 Å². The van der Waals surface area contributed by atoms with Crippen molar-refractivity contribution in [1.29, 1.82) is 0 Å². The van der Waals surface area contributed by atoms with Crippen LogP contribution in [0.2, 0.25) is 45.3 Å². The first kappa shape index (κ1) is 30.7. The minimum Gasteiger partial charge on any atom is -0.420 e. The van der Waals surface area contributed by atoms with Crippen molar-refractivity contribution in [3.63, 3.8) is 0 Å². The molecule has 5 nitrogen and oxygen atoms in total. The molecule has 0 heterocycles. The maximum Gasteiger partial charge on any atom is 0.468 e. The van der Waals surface area contributed by atoms with Crippen molar-refractivity contribution in [1.82, 2.24) is 0 Å². The van der Waals surface area contributed by atoms with Gasteiger partial charge in [0.1, 0.15) is 0 Å². The van der Waals surface area contributed by atoms with Crippen LogP contribution in [0.5, 0.6) is 0 Å². The first-order valence-corrected chi connectivity index (χ1v) is 22.6. The third-order valence-corrected chi connectivity index (χ3v) is 15.2. The SMILES string of the molecule is C[SiH](C)O[Si](CCCCCCCCCCCOOC(C)(C)C)(O[SiH](C)C)O[SiH](C)C. The third kappa shape index (κ3) is 19.4. The van der Waals surface area contributed by atoms with E-state index < -0.39 is 35.9 Å². The summed E-state index contributed by atoms with van der Waals surface area (Å²) >= 11 is 0. The Labute approximate surface area is 194 Å². The minimum absolute atomic E-state index is 0.212. The lowest BCUT2D eigenvalue weighted by atomic mass is 10.1. The lowest BCUT2D eigenvalue weighted by Gasteiger charge is -2.35. The van der Waals surface area contributed by atoms with E-state index in [-0.39, 0.29) is 5.60 Å². The quantitative estimate of drug-likeness (QED) is 0.0924. The molecule has 0 aromatic rings. The second-order valence-corrected chi connectivity index (χ2v) is 21.1. The Bertz CT molecular complexity index is 377. The van der Waals surface area contributed by atoms with Crippen molar-refractivity contribution < 1.29 is 22.1 Å². The van der Waals surface area contributed by atoms with Crippen molar-refractivity contribution in [3.8, 4) is 0 Å². The molecule has 0 saturated carbocycles. The summed E-state index contributed by atoms with van der Waals surface area (Å²) < 4.78 is 19.4. The Hall–Kier alpha value is 0.668. The Kier molecular flexibility index (Phi) is 17.6. The van der Waals surface area contributed by atoms with Crippen LogP contribution in [0.1, 0.15) is 78.6 Å². The Morgan fingerprint density at radius 2 is 0.933 bits per heavy atom. The van der Waals surface area contributed by atoms with Crippen molar-refractivity contribution >= 4 is 35.9 Å². The molecule has 182 valence electrons. The number of hydrogen-bond donors (Lipinski definition) is 0. The molecule has 0 aliphatic heterocycles. The van der Waals surface area contributed by atoms with Gasteiger partial charge in [-0.3, -0.25) is 0 Å². The lowest BCUT2D eigenvalue weighted by Crippen LogP contribution is -2.53. The van der Waals surface area contributed by atoms with Gasteiger partial charge >= 0.3 is 8.80 Å². The van der Waals surface area contributed by atoms with Crippen molar-refractivity contribution in [3.05, 3.63) is 0 Å². The molecule has 0 aromatic carbocycles. The van der Waals surface area contributed by atoms with E-state index in [9.17, 15) is 0 Å². The second-order valence-electron chi connectivity index (χ2n) is 10.1. The fourth-order valence-electron chi connectivity index (χ4n) is 3.30. The molecule has 0 N–H and O–H groups in total. The van der Waals surface area contributed by atoms with Crippen LogP contribution in [0, 0.1) is 0 Å². The summed E-state index contributed by atoms with van der Waals surface area (Å²) in [7, 11) is -5.95. The Balaban J connectivity index is 3.91.